The van der Waals surface area contributed by atoms with Crippen molar-refractivity contribution in [3.8, 4) is 11.1 Å². The highest BCUT2D eigenvalue weighted by Crippen LogP contribution is 2.65. The molecular formula is C37H50BNO4. The molecule has 0 radical (unpaired) electrons. The lowest BCUT2D eigenvalue weighted by molar-refractivity contribution is -0.199. The van der Waals surface area contributed by atoms with Crippen molar-refractivity contribution in [2.45, 2.75) is 111 Å². The van der Waals surface area contributed by atoms with E-state index >= 15 is 0 Å². The van der Waals surface area contributed by atoms with Gasteiger partial charge in [-0.3, -0.25) is 9.59 Å². The number of rotatable bonds is 11. The molecule has 4 aliphatic carbocycles. The molecule has 1 N–H and O–H groups in total. The number of amides is 1. The molecule has 6 atom stereocenters. The molecule has 2 aromatic rings. The van der Waals surface area contributed by atoms with Crippen LogP contribution in [0.1, 0.15) is 104 Å². The van der Waals surface area contributed by atoms with E-state index in [0.29, 0.717) is 36.5 Å². The van der Waals surface area contributed by atoms with Gasteiger partial charge in [0.1, 0.15) is 5.78 Å². The van der Waals surface area contributed by atoms with Gasteiger partial charge in [0.25, 0.3) is 0 Å². The number of benzene rings is 2. The van der Waals surface area contributed by atoms with Gasteiger partial charge in [0.2, 0.25) is 5.91 Å². The first-order valence-electron chi connectivity index (χ1n) is 16.7. The van der Waals surface area contributed by atoms with Crippen molar-refractivity contribution in [2.24, 2.45) is 35.0 Å². The third-order valence-electron chi connectivity index (χ3n) is 11.3. The van der Waals surface area contributed by atoms with E-state index in [2.05, 4.69) is 102 Å². The summed E-state index contributed by atoms with van der Waals surface area (Å²) in [4.78, 5) is 27.7. The fourth-order valence-electron chi connectivity index (χ4n) is 9.04. The highest BCUT2D eigenvalue weighted by Gasteiger charge is 2.68. The summed E-state index contributed by atoms with van der Waals surface area (Å²) in [5.74, 6) is 1.34. The van der Waals surface area contributed by atoms with Crippen LogP contribution in [0.25, 0.3) is 11.1 Å². The van der Waals surface area contributed by atoms with Crippen LogP contribution < -0.4 is 5.32 Å². The SMILES string of the molecule is CC(C)C[C@H](CC(=O)CC1c2ccccc2-c2ccccc21)C(=O)N[C@@H](CC(C)C)B1O[C@@H]2C[C@@H]3C[C@@H](C3(C)C)[C@]2(C)O1. The summed E-state index contributed by atoms with van der Waals surface area (Å²) in [5.41, 5.74) is 4.81. The van der Waals surface area contributed by atoms with Crippen LogP contribution in [0.4, 0.5) is 0 Å². The molecule has 1 heterocycles. The van der Waals surface area contributed by atoms with Crippen molar-refractivity contribution in [3.05, 3.63) is 59.7 Å². The zero-order valence-electron chi connectivity index (χ0n) is 27.2. The van der Waals surface area contributed by atoms with E-state index in [-0.39, 0.29) is 53.0 Å². The van der Waals surface area contributed by atoms with Gasteiger partial charge in [-0.05, 0) is 83.9 Å². The summed E-state index contributed by atoms with van der Waals surface area (Å²) in [5, 5.41) is 3.36. The molecule has 2 aromatic carbocycles. The molecule has 2 bridgehead atoms. The molecule has 5 nitrogen and oxygen atoms in total. The standard InChI is InChI=1S/C37H50BNO4/c1-22(2)16-24(18-26(40)21-31-29-14-10-8-12-27(29)28-13-9-11-15-30(28)31)35(41)39-34(17-23(3)4)38-42-33-20-25-19-32(36(25,5)6)37(33,7)43-38/h8-15,22-25,31-34H,16-21H2,1-7H3,(H,39,41)/t24-,25+,32+,33-,34+,37+/m1/s1. The van der Waals surface area contributed by atoms with Crippen molar-refractivity contribution in [2.75, 3.05) is 0 Å². The Balaban J connectivity index is 1.16. The molecule has 0 unspecified atom stereocenters. The lowest BCUT2D eigenvalue weighted by atomic mass is 9.43. The van der Waals surface area contributed by atoms with Crippen LogP contribution in [0.5, 0.6) is 0 Å². The topological polar surface area (TPSA) is 64.6 Å². The Kier molecular flexibility index (Phi) is 8.17. The molecule has 6 heteroatoms. The first-order valence-corrected chi connectivity index (χ1v) is 16.7. The van der Waals surface area contributed by atoms with Crippen molar-refractivity contribution < 1.29 is 18.9 Å². The van der Waals surface area contributed by atoms with Crippen LogP contribution in [-0.2, 0) is 18.9 Å². The second-order valence-electron chi connectivity index (χ2n) is 15.6. The summed E-state index contributed by atoms with van der Waals surface area (Å²) in [6.45, 7) is 15.6. The Morgan fingerprint density at radius 1 is 0.907 bits per heavy atom. The number of ketones is 1. The molecular weight excluding hydrogens is 533 g/mol. The minimum atomic E-state index is -0.460. The van der Waals surface area contributed by atoms with Crippen LogP contribution in [0.2, 0.25) is 0 Å². The molecule has 5 aliphatic rings. The largest absolute Gasteiger partial charge is 0.481 e. The average Bonchev–Trinajstić information content (AvgIpc) is 3.47. The number of hydrogen-bond acceptors (Lipinski definition) is 4. The van der Waals surface area contributed by atoms with Gasteiger partial charge in [0, 0.05) is 24.7 Å². The lowest BCUT2D eigenvalue weighted by Crippen LogP contribution is -2.65. The third kappa shape index (κ3) is 5.52. The van der Waals surface area contributed by atoms with Crippen molar-refractivity contribution >= 4 is 18.8 Å². The number of fused-ring (bicyclic) bond motifs is 3. The molecule has 0 aromatic heterocycles. The van der Waals surface area contributed by atoms with Gasteiger partial charge in [-0.25, -0.2) is 0 Å². The number of Topliss-reactive ketones (excluding diaryl/α,β-unsaturated/α-hetero) is 1. The Labute approximate surface area is 259 Å². The fraction of sp³-hybridized carbons (Fsp3) is 0.622. The van der Waals surface area contributed by atoms with E-state index in [0.717, 1.165) is 12.8 Å². The summed E-state index contributed by atoms with van der Waals surface area (Å²) in [6, 6.07) is 16.8. The Morgan fingerprint density at radius 2 is 1.51 bits per heavy atom. The van der Waals surface area contributed by atoms with Crippen LogP contribution in [0.15, 0.2) is 48.5 Å². The third-order valence-corrected chi connectivity index (χ3v) is 11.3. The number of carbonyl (C=O) groups is 2. The van der Waals surface area contributed by atoms with Crippen LogP contribution in [0.3, 0.4) is 0 Å². The van der Waals surface area contributed by atoms with Gasteiger partial charge in [-0.2, -0.15) is 0 Å². The summed E-state index contributed by atoms with van der Waals surface area (Å²) in [6.07, 6.45) is 4.42. The maximum absolute atomic E-state index is 14.0. The highest BCUT2D eigenvalue weighted by molar-refractivity contribution is 6.47. The molecule has 43 heavy (non-hydrogen) atoms. The van der Waals surface area contributed by atoms with E-state index in [1.807, 2.05) is 0 Å². The minimum Gasteiger partial charge on any atom is -0.404 e. The first kappa shape index (κ1) is 30.6. The zero-order chi connectivity index (χ0) is 30.7. The van der Waals surface area contributed by atoms with Gasteiger partial charge in [0.05, 0.1) is 17.6 Å². The predicted octanol–water partition coefficient (Wildman–Crippen LogP) is 7.61. The second kappa shape index (κ2) is 11.5. The second-order valence-corrected chi connectivity index (χ2v) is 15.6. The molecule has 3 saturated carbocycles. The van der Waals surface area contributed by atoms with Crippen LogP contribution >= 0.6 is 0 Å². The van der Waals surface area contributed by atoms with Gasteiger partial charge in [0.15, 0.2) is 0 Å². The summed E-state index contributed by atoms with van der Waals surface area (Å²) < 4.78 is 13.4. The molecule has 230 valence electrons. The first-order chi connectivity index (χ1) is 20.4. The number of carbonyl (C=O) groups excluding carboxylic acids is 2. The van der Waals surface area contributed by atoms with Gasteiger partial charge in [-0.15, -0.1) is 0 Å². The van der Waals surface area contributed by atoms with Gasteiger partial charge >= 0.3 is 7.12 Å². The number of nitrogens with one attached hydrogen (secondary N) is 1. The van der Waals surface area contributed by atoms with Crippen molar-refractivity contribution in [3.63, 3.8) is 0 Å². The van der Waals surface area contributed by atoms with Crippen LogP contribution in [-0.4, -0.2) is 36.5 Å². The Bertz CT molecular complexity index is 1320. The lowest BCUT2D eigenvalue weighted by Gasteiger charge is -2.64. The average molecular weight is 584 g/mol. The molecule has 1 amide bonds. The maximum Gasteiger partial charge on any atom is 0.481 e. The van der Waals surface area contributed by atoms with E-state index in [4.69, 9.17) is 9.31 Å². The molecule has 4 fully saturated rings. The van der Waals surface area contributed by atoms with E-state index in [1.54, 1.807) is 0 Å². The fourth-order valence-corrected chi connectivity index (χ4v) is 9.04. The van der Waals surface area contributed by atoms with E-state index in [1.165, 1.54) is 28.7 Å². The molecule has 1 aliphatic heterocycles. The van der Waals surface area contributed by atoms with E-state index < -0.39 is 7.12 Å². The highest BCUT2D eigenvalue weighted by atomic mass is 16.7. The summed E-state index contributed by atoms with van der Waals surface area (Å²) >= 11 is 0. The minimum absolute atomic E-state index is 0.0382. The molecule has 0 spiro atoms. The maximum atomic E-state index is 14.0. The Hall–Kier alpha value is -2.44. The molecule has 1 saturated heterocycles. The Morgan fingerprint density at radius 3 is 2.09 bits per heavy atom. The van der Waals surface area contributed by atoms with Crippen LogP contribution in [0, 0.1) is 35.0 Å². The number of hydrogen-bond donors (Lipinski definition) is 1. The van der Waals surface area contributed by atoms with Gasteiger partial charge in [-0.1, -0.05) is 90.1 Å². The monoisotopic (exact) mass is 583 g/mol. The van der Waals surface area contributed by atoms with Crippen molar-refractivity contribution in [1.82, 2.24) is 5.32 Å². The van der Waals surface area contributed by atoms with Gasteiger partial charge < -0.3 is 14.6 Å². The smallest absolute Gasteiger partial charge is 0.404 e. The summed E-state index contributed by atoms with van der Waals surface area (Å²) in [7, 11) is -0.460. The normalized spacial score (nSPS) is 28.2. The molecule has 7 rings (SSSR count). The predicted molar refractivity (Wildman–Crippen MR) is 172 cm³/mol. The van der Waals surface area contributed by atoms with E-state index in [9.17, 15) is 9.59 Å². The quantitative estimate of drug-likeness (QED) is 0.277. The zero-order valence-corrected chi connectivity index (χ0v) is 27.2. The van der Waals surface area contributed by atoms with Crippen molar-refractivity contribution in [1.29, 1.82) is 0 Å².